The molecule has 0 spiro atoms. The second kappa shape index (κ2) is 6.25. The zero-order valence-corrected chi connectivity index (χ0v) is 11.0. The Morgan fingerprint density at radius 1 is 1.50 bits per heavy atom. The molecule has 0 unspecified atom stereocenters. The number of aryl methyl sites for hydroxylation is 1. The normalized spacial score (nSPS) is 10.7. The lowest BCUT2D eigenvalue weighted by Crippen LogP contribution is -2.19. The number of benzene rings is 1. The molecule has 0 saturated heterocycles. The van der Waals surface area contributed by atoms with Gasteiger partial charge < -0.3 is 15.6 Å². The second-order valence-electron chi connectivity index (χ2n) is 4.33. The summed E-state index contributed by atoms with van der Waals surface area (Å²) in [6.07, 6.45) is 0.578. The van der Waals surface area contributed by atoms with Crippen LogP contribution in [0.3, 0.4) is 0 Å². The summed E-state index contributed by atoms with van der Waals surface area (Å²) in [4.78, 5) is 15.1. The highest BCUT2D eigenvalue weighted by molar-refractivity contribution is 5.92. The van der Waals surface area contributed by atoms with Gasteiger partial charge in [-0.3, -0.25) is 4.79 Å². The predicted octanol–water partition coefficient (Wildman–Crippen LogP) is 0.948. The van der Waals surface area contributed by atoms with Gasteiger partial charge in [-0.05, 0) is 18.2 Å². The van der Waals surface area contributed by atoms with Crippen LogP contribution in [0.15, 0.2) is 22.7 Å². The number of aromatic nitrogens is 2. The number of nitrogens with one attached hydrogen (secondary N) is 1. The van der Waals surface area contributed by atoms with E-state index < -0.39 is 5.91 Å². The van der Waals surface area contributed by atoms with Crippen molar-refractivity contribution >= 4 is 5.91 Å². The van der Waals surface area contributed by atoms with E-state index in [1.165, 1.54) is 18.2 Å². The molecule has 0 saturated carbocycles. The number of carbonyl (C=O) groups excluding carboxylic acids is 1. The maximum atomic E-state index is 13.6. The Morgan fingerprint density at radius 3 is 2.95 bits per heavy atom. The topological polar surface area (TPSA) is 94.0 Å². The van der Waals surface area contributed by atoms with E-state index in [1.807, 2.05) is 0 Å². The van der Waals surface area contributed by atoms with Crippen molar-refractivity contribution in [3.63, 3.8) is 0 Å². The highest BCUT2D eigenvalue weighted by atomic mass is 19.1. The molecule has 1 aromatic carbocycles. The molecule has 1 amide bonds. The molecule has 2 rings (SSSR count). The number of carbonyl (C=O) groups is 1. The fraction of sp³-hybridized carbons (Fsp3) is 0.308. The molecule has 0 radical (unpaired) electrons. The van der Waals surface area contributed by atoms with E-state index in [2.05, 4.69) is 15.5 Å². The SMILES string of the molecule is Cc1nc(CCNCc2cc(C(N)=O)ccc2F)no1. The van der Waals surface area contributed by atoms with Crippen molar-refractivity contribution in [2.45, 2.75) is 19.9 Å². The number of hydrogen-bond acceptors (Lipinski definition) is 5. The van der Waals surface area contributed by atoms with Gasteiger partial charge in [0.1, 0.15) is 5.82 Å². The smallest absolute Gasteiger partial charge is 0.248 e. The van der Waals surface area contributed by atoms with Crippen LogP contribution in [0, 0.1) is 12.7 Å². The van der Waals surface area contributed by atoms with Gasteiger partial charge >= 0.3 is 0 Å². The first-order valence-electron chi connectivity index (χ1n) is 6.14. The minimum absolute atomic E-state index is 0.289. The van der Waals surface area contributed by atoms with Gasteiger partial charge in [-0.1, -0.05) is 5.16 Å². The minimum atomic E-state index is -0.575. The van der Waals surface area contributed by atoms with E-state index in [1.54, 1.807) is 6.92 Å². The van der Waals surface area contributed by atoms with E-state index in [4.69, 9.17) is 10.3 Å². The molecule has 20 heavy (non-hydrogen) atoms. The van der Waals surface area contributed by atoms with Gasteiger partial charge in [0, 0.05) is 37.6 Å². The summed E-state index contributed by atoms with van der Waals surface area (Å²) in [6, 6.07) is 4.05. The first-order valence-corrected chi connectivity index (χ1v) is 6.14. The molecule has 1 heterocycles. The zero-order valence-electron chi connectivity index (χ0n) is 11.0. The van der Waals surface area contributed by atoms with Crippen LogP contribution >= 0.6 is 0 Å². The number of nitrogens with two attached hydrogens (primary N) is 1. The maximum Gasteiger partial charge on any atom is 0.248 e. The molecule has 6 nitrogen and oxygen atoms in total. The van der Waals surface area contributed by atoms with E-state index in [9.17, 15) is 9.18 Å². The van der Waals surface area contributed by atoms with Gasteiger partial charge in [0.2, 0.25) is 11.8 Å². The Morgan fingerprint density at radius 2 is 2.30 bits per heavy atom. The molecule has 0 bridgehead atoms. The van der Waals surface area contributed by atoms with Crippen LogP contribution in [0.5, 0.6) is 0 Å². The van der Waals surface area contributed by atoms with Crippen LogP contribution in [0.25, 0.3) is 0 Å². The fourth-order valence-corrected chi connectivity index (χ4v) is 1.73. The molecule has 2 aromatic rings. The van der Waals surface area contributed by atoms with Gasteiger partial charge in [-0.15, -0.1) is 0 Å². The van der Waals surface area contributed by atoms with E-state index in [-0.39, 0.29) is 11.4 Å². The summed E-state index contributed by atoms with van der Waals surface area (Å²) < 4.78 is 18.4. The van der Waals surface area contributed by atoms with Crippen LogP contribution in [0.1, 0.15) is 27.6 Å². The summed E-state index contributed by atoms with van der Waals surface area (Å²) in [5.41, 5.74) is 5.84. The molecule has 3 N–H and O–H groups in total. The molecule has 0 aliphatic carbocycles. The first-order chi connectivity index (χ1) is 9.56. The number of amides is 1. The quantitative estimate of drug-likeness (QED) is 0.767. The molecule has 1 aromatic heterocycles. The van der Waals surface area contributed by atoms with Gasteiger partial charge in [0.05, 0.1) is 0 Å². The van der Waals surface area contributed by atoms with Gasteiger partial charge in [0.15, 0.2) is 5.82 Å². The predicted molar refractivity (Wildman–Crippen MR) is 69.4 cm³/mol. The zero-order chi connectivity index (χ0) is 14.5. The Kier molecular flexibility index (Phi) is 4.41. The third-order valence-electron chi connectivity index (χ3n) is 2.74. The minimum Gasteiger partial charge on any atom is -0.366 e. The van der Waals surface area contributed by atoms with E-state index in [0.29, 0.717) is 36.8 Å². The van der Waals surface area contributed by atoms with Crippen molar-refractivity contribution in [3.05, 3.63) is 46.9 Å². The van der Waals surface area contributed by atoms with Crippen molar-refractivity contribution in [1.82, 2.24) is 15.5 Å². The van der Waals surface area contributed by atoms with E-state index >= 15 is 0 Å². The lowest BCUT2D eigenvalue weighted by Gasteiger charge is -2.06. The maximum absolute atomic E-state index is 13.6. The monoisotopic (exact) mass is 278 g/mol. The van der Waals surface area contributed by atoms with Crippen LogP contribution in [-0.4, -0.2) is 22.6 Å². The van der Waals surface area contributed by atoms with Crippen LogP contribution in [0.4, 0.5) is 4.39 Å². The number of halogens is 1. The Bertz CT molecular complexity index is 612. The molecule has 106 valence electrons. The lowest BCUT2D eigenvalue weighted by atomic mass is 10.1. The molecule has 0 aliphatic rings. The Labute approximate surface area is 115 Å². The Balaban J connectivity index is 1.87. The third kappa shape index (κ3) is 3.61. The van der Waals surface area contributed by atoms with Crippen LogP contribution < -0.4 is 11.1 Å². The van der Waals surface area contributed by atoms with Crippen LogP contribution in [-0.2, 0) is 13.0 Å². The molecular weight excluding hydrogens is 263 g/mol. The largest absolute Gasteiger partial charge is 0.366 e. The lowest BCUT2D eigenvalue weighted by molar-refractivity contribution is 0.1000. The number of nitrogens with zero attached hydrogens (tertiary/aromatic N) is 2. The summed E-state index contributed by atoms with van der Waals surface area (Å²) in [7, 11) is 0. The van der Waals surface area contributed by atoms with Gasteiger partial charge in [-0.2, -0.15) is 4.98 Å². The van der Waals surface area contributed by atoms with Crippen molar-refractivity contribution in [1.29, 1.82) is 0 Å². The average molecular weight is 278 g/mol. The second-order valence-corrected chi connectivity index (χ2v) is 4.33. The number of rotatable bonds is 6. The average Bonchev–Trinajstić information content (AvgIpc) is 2.82. The molecular formula is C13H15FN4O2. The van der Waals surface area contributed by atoms with E-state index in [0.717, 1.165) is 0 Å². The Hall–Kier alpha value is -2.28. The highest BCUT2D eigenvalue weighted by Crippen LogP contribution is 2.10. The standard InChI is InChI=1S/C13H15FN4O2/c1-8-17-12(18-20-8)4-5-16-7-10-6-9(13(15)19)2-3-11(10)14/h2-3,6,16H,4-5,7H2,1H3,(H2,15,19). The fourth-order valence-electron chi connectivity index (χ4n) is 1.73. The van der Waals surface area contributed by atoms with Crippen molar-refractivity contribution in [2.24, 2.45) is 5.73 Å². The van der Waals surface area contributed by atoms with Crippen molar-refractivity contribution in [2.75, 3.05) is 6.54 Å². The summed E-state index contributed by atoms with van der Waals surface area (Å²) >= 11 is 0. The number of primary amides is 1. The van der Waals surface area contributed by atoms with Crippen molar-refractivity contribution in [3.8, 4) is 0 Å². The van der Waals surface area contributed by atoms with Gasteiger partial charge in [0.25, 0.3) is 0 Å². The number of hydrogen-bond donors (Lipinski definition) is 2. The molecule has 0 aliphatic heterocycles. The summed E-state index contributed by atoms with van der Waals surface area (Å²) in [5.74, 6) is 0.160. The van der Waals surface area contributed by atoms with Crippen LogP contribution in [0.2, 0.25) is 0 Å². The summed E-state index contributed by atoms with van der Waals surface area (Å²) in [6.45, 7) is 2.58. The molecule has 0 fully saturated rings. The van der Waals surface area contributed by atoms with Gasteiger partial charge in [-0.25, -0.2) is 4.39 Å². The molecule has 7 heteroatoms. The summed E-state index contributed by atoms with van der Waals surface area (Å²) in [5, 5.41) is 6.81. The third-order valence-corrected chi connectivity index (χ3v) is 2.74. The van der Waals surface area contributed by atoms with Crippen molar-refractivity contribution < 1.29 is 13.7 Å². The highest BCUT2D eigenvalue weighted by Gasteiger charge is 2.07. The first kappa shape index (κ1) is 14.1. The molecule has 0 atom stereocenters.